The Morgan fingerprint density at radius 3 is 2.60 bits per heavy atom. The second-order valence-corrected chi connectivity index (χ2v) is 6.15. The molecule has 1 saturated carbocycles. The van der Waals surface area contributed by atoms with Crippen LogP contribution in [0.3, 0.4) is 0 Å². The highest BCUT2D eigenvalue weighted by atomic mass is 16.6. The van der Waals surface area contributed by atoms with Crippen LogP contribution in [0.2, 0.25) is 0 Å². The van der Waals surface area contributed by atoms with Gasteiger partial charge in [0.05, 0.1) is 4.92 Å². The number of nitrogens with zero attached hydrogens (tertiary/aromatic N) is 3. The molecular formula is C14H24N4O2. The van der Waals surface area contributed by atoms with E-state index in [2.05, 4.69) is 24.3 Å². The van der Waals surface area contributed by atoms with Gasteiger partial charge in [-0.25, -0.2) is 4.68 Å². The van der Waals surface area contributed by atoms with Gasteiger partial charge in [-0.05, 0) is 30.6 Å². The van der Waals surface area contributed by atoms with Crippen LogP contribution in [0.5, 0.6) is 0 Å². The molecule has 6 nitrogen and oxygen atoms in total. The minimum absolute atomic E-state index is 0.147. The lowest BCUT2D eigenvalue weighted by Gasteiger charge is -2.20. The number of rotatable bonds is 7. The molecule has 0 aliphatic heterocycles. The molecule has 112 valence electrons. The van der Waals surface area contributed by atoms with Gasteiger partial charge in [0.15, 0.2) is 0 Å². The largest absolute Gasteiger partial charge is 0.364 e. The van der Waals surface area contributed by atoms with Gasteiger partial charge >= 0.3 is 5.69 Å². The van der Waals surface area contributed by atoms with Crippen molar-refractivity contribution in [3.63, 3.8) is 0 Å². The van der Waals surface area contributed by atoms with E-state index in [4.69, 9.17) is 0 Å². The van der Waals surface area contributed by atoms with Crippen molar-refractivity contribution in [3.8, 4) is 0 Å². The summed E-state index contributed by atoms with van der Waals surface area (Å²) in [5, 5.41) is 18.9. The third kappa shape index (κ3) is 2.64. The van der Waals surface area contributed by atoms with E-state index < -0.39 is 0 Å². The summed E-state index contributed by atoms with van der Waals surface area (Å²) in [6, 6.07) is 0. The second kappa shape index (κ2) is 5.42. The fraction of sp³-hybridized carbons (Fsp3) is 0.786. The van der Waals surface area contributed by atoms with Crippen LogP contribution in [0, 0.1) is 21.4 Å². The van der Waals surface area contributed by atoms with E-state index in [1.807, 2.05) is 6.92 Å². The monoisotopic (exact) mass is 280 g/mol. The maximum atomic E-state index is 11.3. The van der Waals surface area contributed by atoms with Gasteiger partial charge in [-0.15, -0.1) is 0 Å². The average molecular weight is 280 g/mol. The summed E-state index contributed by atoms with van der Waals surface area (Å²) in [4.78, 5) is 11.0. The van der Waals surface area contributed by atoms with Crippen LogP contribution in [0.25, 0.3) is 0 Å². The molecule has 0 saturated heterocycles. The Hall–Kier alpha value is -1.59. The SMILES string of the molecule is CCCc1nn(C)c(NCC2(C(C)C)CC2)c1[N+](=O)[O-]. The van der Waals surface area contributed by atoms with Crippen molar-refractivity contribution in [3.05, 3.63) is 15.8 Å². The molecule has 6 heteroatoms. The van der Waals surface area contributed by atoms with E-state index >= 15 is 0 Å². The molecule has 20 heavy (non-hydrogen) atoms. The zero-order chi connectivity index (χ0) is 14.9. The number of hydrogen-bond acceptors (Lipinski definition) is 4. The van der Waals surface area contributed by atoms with Crippen molar-refractivity contribution in [2.75, 3.05) is 11.9 Å². The minimum Gasteiger partial charge on any atom is -0.364 e. The van der Waals surface area contributed by atoms with Crippen LogP contribution < -0.4 is 5.32 Å². The molecule has 2 rings (SSSR count). The van der Waals surface area contributed by atoms with E-state index in [1.54, 1.807) is 11.7 Å². The first kappa shape index (κ1) is 14.8. The summed E-state index contributed by atoms with van der Waals surface area (Å²) in [7, 11) is 1.77. The second-order valence-electron chi connectivity index (χ2n) is 6.15. The highest BCUT2D eigenvalue weighted by Gasteiger charge is 2.45. The normalized spacial score (nSPS) is 16.4. The first-order valence-corrected chi connectivity index (χ1v) is 7.35. The molecule has 0 aromatic carbocycles. The zero-order valence-electron chi connectivity index (χ0n) is 12.8. The summed E-state index contributed by atoms with van der Waals surface area (Å²) in [6.45, 7) is 7.23. The van der Waals surface area contributed by atoms with Crippen LogP contribution in [0.15, 0.2) is 0 Å². The molecule has 1 heterocycles. The topological polar surface area (TPSA) is 73.0 Å². The molecule has 0 amide bonds. The van der Waals surface area contributed by atoms with Crippen molar-refractivity contribution in [1.82, 2.24) is 9.78 Å². The predicted octanol–water partition coefficient (Wildman–Crippen LogP) is 3.13. The fourth-order valence-corrected chi connectivity index (χ4v) is 2.74. The van der Waals surface area contributed by atoms with Crippen LogP contribution in [-0.4, -0.2) is 21.2 Å². The predicted molar refractivity (Wildman–Crippen MR) is 78.9 cm³/mol. The van der Waals surface area contributed by atoms with Gasteiger partial charge in [0.25, 0.3) is 0 Å². The standard InChI is InChI=1S/C14H24N4O2/c1-5-6-11-12(18(19)20)13(17(4)16-11)15-9-14(7-8-14)10(2)3/h10,15H,5-9H2,1-4H3. The number of nitro groups is 1. The molecule has 1 aromatic heterocycles. The summed E-state index contributed by atoms with van der Waals surface area (Å²) in [5.41, 5.74) is 1.04. The lowest BCUT2D eigenvalue weighted by atomic mass is 9.92. The molecule has 1 fully saturated rings. The van der Waals surface area contributed by atoms with Crippen molar-refractivity contribution in [2.24, 2.45) is 18.4 Å². The third-order valence-electron chi connectivity index (χ3n) is 4.49. The van der Waals surface area contributed by atoms with E-state index in [1.165, 1.54) is 12.8 Å². The number of anilines is 1. The lowest BCUT2D eigenvalue weighted by Crippen LogP contribution is -2.22. The van der Waals surface area contributed by atoms with Gasteiger partial charge in [0.2, 0.25) is 5.82 Å². The molecule has 0 radical (unpaired) electrons. The van der Waals surface area contributed by atoms with Gasteiger partial charge in [-0.2, -0.15) is 5.10 Å². The Morgan fingerprint density at radius 2 is 2.15 bits per heavy atom. The number of aryl methyl sites for hydroxylation is 2. The molecule has 1 aromatic rings. The minimum atomic E-state index is -0.310. The van der Waals surface area contributed by atoms with Gasteiger partial charge in [0, 0.05) is 13.6 Å². The number of hydrogen-bond donors (Lipinski definition) is 1. The van der Waals surface area contributed by atoms with E-state index in [0.29, 0.717) is 29.3 Å². The molecule has 1 aliphatic carbocycles. The Kier molecular flexibility index (Phi) is 4.01. The number of aromatic nitrogens is 2. The van der Waals surface area contributed by atoms with Gasteiger partial charge in [-0.1, -0.05) is 27.2 Å². The summed E-state index contributed by atoms with van der Waals surface area (Å²) >= 11 is 0. The fourth-order valence-electron chi connectivity index (χ4n) is 2.74. The quantitative estimate of drug-likeness (QED) is 0.615. The molecule has 0 atom stereocenters. The summed E-state index contributed by atoms with van der Waals surface area (Å²) in [5.74, 6) is 1.14. The van der Waals surface area contributed by atoms with Crippen LogP contribution in [0.1, 0.15) is 45.7 Å². The van der Waals surface area contributed by atoms with Gasteiger partial charge < -0.3 is 5.32 Å². The van der Waals surface area contributed by atoms with E-state index in [9.17, 15) is 10.1 Å². The maximum Gasteiger partial charge on any atom is 0.333 e. The van der Waals surface area contributed by atoms with E-state index in [0.717, 1.165) is 13.0 Å². The van der Waals surface area contributed by atoms with Gasteiger partial charge in [-0.3, -0.25) is 10.1 Å². The Morgan fingerprint density at radius 1 is 1.50 bits per heavy atom. The zero-order valence-corrected chi connectivity index (χ0v) is 12.8. The van der Waals surface area contributed by atoms with Crippen LogP contribution in [0.4, 0.5) is 11.5 Å². The van der Waals surface area contributed by atoms with Crippen molar-refractivity contribution in [2.45, 2.75) is 46.5 Å². The Balaban J connectivity index is 2.20. The van der Waals surface area contributed by atoms with Crippen LogP contribution >= 0.6 is 0 Å². The van der Waals surface area contributed by atoms with Crippen LogP contribution in [-0.2, 0) is 13.5 Å². The molecule has 0 unspecified atom stereocenters. The van der Waals surface area contributed by atoms with Crippen molar-refractivity contribution < 1.29 is 4.92 Å². The first-order valence-electron chi connectivity index (χ1n) is 7.35. The number of nitrogens with one attached hydrogen (secondary N) is 1. The summed E-state index contributed by atoms with van der Waals surface area (Å²) < 4.78 is 1.61. The first-order chi connectivity index (χ1) is 9.41. The average Bonchev–Trinajstić information content (AvgIpc) is 3.08. The Bertz CT molecular complexity index is 504. The highest BCUT2D eigenvalue weighted by Crippen LogP contribution is 2.52. The van der Waals surface area contributed by atoms with Crippen molar-refractivity contribution >= 4 is 11.5 Å². The molecule has 0 spiro atoms. The van der Waals surface area contributed by atoms with Gasteiger partial charge in [0.1, 0.15) is 5.69 Å². The molecular weight excluding hydrogens is 256 g/mol. The molecule has 1 N–H and O–H groups in total. The summed E-state index contributed by atoms with van der Waals surface area (Å²) in [6.07, 6.45) is 3.89. The van der Waals surface area contributed by atoms with E-state index in [-0.39, 0.29) is 10.6 Å². The lowest BCUT2D eigenvalue weighted by molar-refractivity contribution is -0.384. The highest BCUT2D eigenvalue weighted by molar-refractivity contribution is 5.60. The third-order valence-corrected chi connectivity index (χ3v) is 4.49. The maximum absolute atomic E-state index is 11.3. The molecule has 1 aliphatic rings. The Labute approximate surface area is 119 Å². The van der Waals surface area contributed by atoms with Crippen molar-refractivity contribution in [1.29, 1.82) is 0 Å². The smallest absolute Gasteiger partial charge is 0.333 e. The molecule has 0 bridgehead atoms.